The summed E-state index contributed by atoms with van der Waals surface area (Å²) in [5.41, 5.74) is 0.783. The van der Waals surface area contributed by atoms with E-state index in [9.17, 15) is 17.6 Å². The summed E-state index contributed by atoms with van der Waals surface area (Å²) in [6.45, 7) is 0. The van der Waals surface area contributed by atoms with Crippen LogP contribution in [0.1, 0.15) is 5.69 Å². The molecule has 0 unspecified atom stereocenters. The lowest BCUT2D eigenvalue weighted by atomic mass is 10.0. The molecular weight excluding hydrogens is 492 g/mol. The zero-order chi connectivity index (χ0) is 25.4. The fraction of sp³-hybridized carbons (Fsp3) is 0.0800. The summed E-state index contributed by atoms with van der Waals surface area (Å²) < 4.78 is 65.5. The van der Waals surface area contributed by atoms with E-state index in [2.05, 4.69) is 10.1 Å². The van der Waals surface area contributed by atoms with Gasteiger partial charge in [0.1, 0.15) is 29.4 Å². The van der Waals surface area contributed by atoms with Crippen LogP contribution in [0.15, 0.2) is 87.3 Å². The van der Waals surface area contributed by atoms with E-state index in [-0.39, 0.29) is 44.4 Å². The number of sulfone groups is 1. The minimum Gasteiger partial charge on any atom is -0.495 e. The van der Waals surface area contributed by atoms with Crippen molar-refractivity contribution >= 4 is 20.9 Å². The summed E-state index contributed by atoms with van der Waals surface area (Å²) in [6, 6.07) is 13.4. The molecule has 11 heteroatoms. The Labute approximate surface area is 203 Å². The molecule has 5 aromatic rings. The van der Waals surface area contributed by atoms with Crippen LogP contribution in [0, 0.1) is 11.6 Å². The summed E-state index contributed by atoms with van der Waals surface area (Å²) in [7, 11) is -2.41. The van der Waals surface area contributed by atoms with Crippen LogP contribution in [0.5, 0.6) is 5.75 Å². The summed E-state index contributed by atoms with van der Waals surface area (Å²) in [5.74, 6) is -1.33. The molecule has 0 spiro atoms. The zero-order valence-electron chi connectivity index (χ0n) is 18.7. The van der Waals surface area contributed by atoms with Crippen LogP contribution in [0.3, 0.4) is 0 Å². The minimum absolute atomic E-state index is 0.0273. The van der Waals surface area contributed by atoms with Crippen LogP contribution in [0.2, 0.25) is 0 Å². The highest BCUT2D eigenvalue weighted by Gasteiger charge is 2.21. The number of methoxy groups -OCH3 is 1. The Morgan fingerprint density at radius 3 is 2.50 bits per heavy atom. The highest BCUT2D eigenvalue weighted by Crippen LogP contribution is 2.33. The van der Waals surface area contributed by atoms with Crippen molar-refractivity contribution in [3.63, 3.8) is 0 Å². The maximum Gasteiger partial charge on any atom is 0.274 e. The molecule has 0 radical (unpaired) electrons. The smallest absolute Gasteiger partial charge is 0.274 e. The number of halogens is 2. The number of hydrogen-bond donors (Lipinski definition) is 0. The third-order valence-corrected chi connectivity index (χ3v) is 7.22. The van der Waals surface area contributed by atoms with Gasteiger partial charge in [0, 0.05) is 17.7 Å². The summed E-state index contributed by atoms with van der Waals surface area (Å²) in [4.78, 5) is 16.9. The number of fused-ring (bicyclic) bond motifs is 1. The molecular formula is C25H17F2N3O5S. The van der Waals surface area contributed by atoms with E-state index in [1.807, 2.05) is 0 Å². The van der Waals surface area contributed by atoms with Crippen molar-refractivity contribution in [1.82, 2.24) is 14.7 Å². The number of nitrogens with zero attached hydrogens (tertiary/aromatic N) is 3. The first-order valence-corrected chi connectivity index (χ1v) is 12.2. The Kier molecular flexibility index (Phi) is 5.84. The van der Waals surface area contributed by atoms with Gasteiger partial charge in [0.2, 0.25) is 0 Å². The number of benzene rings is 3. The Morgan fingerprint density at radius 1 is 1.03 bits per heavy atom. The summed E-state index contributed by atoms with van der Waals surface area (Å²) in [6.07, 6.45) is 2.29. The molecule has 0 bridgehead atoms. The van der Waals surface area contributed by atoms with Gasteiger partial charge in [-0.3, -0.25) is 9.36 Å². The topological polar surface area (TPSA) is 104 Å². The maximum absolute atomic E-state index is 15.2. The molecule has 36 heavy (non-hydrogen) atoms. The first kappa shape index (κ1) is 23.4. The minimum atomic E-state index is -3.78. The molecule has 2 aromatic heterocycles. The standard InChI is InChI=1S/C25H17F2N3O5S/c1-34-24-11-19(15-2-4-16(26)5-3-15)20(27)12-23(24)30-22-7-6-18(10-21(22)28-13-25(30)31)36(32,33)14-17-8-9-35-29-17/h2-13H,14H2,1H3. The van der Waals surface area contributed by atoms with Crippen LogP contribution in [-0.2, 0) is 15.6 Å². The van der Waals surface area contributed by atoms with Gasteiger partial charge in [-0.2, -0.15) is 0 Å². The van der Waals surface area contributed by atoms with Gasteiger partial charge in [0.05, 0.1) is 40.6 Å². The first-order valence-electron chi connectivity index (χ1n) is 10.5. The molecule has 0 saturated carbocycles. The van der Waals surface area contributed by atoms with Gasteiger partial charge in [0.25, 0.3) is 5.56 Å². The van der Waals surface area contributed by atoms with Gasteiger partial charge >= 0.3 is 0 Å². The molecule has 5 rings (SSSR count). The number of rotatable bonds is 6. The zero-order valence-corrected chi connectivity index (χ0v) is 19.5. The van der Waals surface area contributed by atoms with Crippen molar-refractivity contribution in [3.8, 4) is 22.6 Å². The lowest BCUT2D eigenvalue weighted by Gasteiger charge is -2.16. The number of aromatic nitrogens is 3. The van der Waals surface area contributed by atoms with E-state index >= 15 is 4.39 Å². The van der Waals surface area contributed by atoms with E-state index in [1.165, 1.54) is 72.5 Å². The van der Waals surface area contributed by atoms with Crippen molar-refractivity contribution in [2.24, 2.45) is 0 Å². The van der Waals surface area contributed by atoms with Gasteiger partial charge in [-0.1, -0.05) is 17.3 Å². The summed E-state index contributed by atoms with van der Waals surface area (Å²) in [5, 5.41) is 3.63. The Hall–Kier alpha value is -4.38. The Balaban J connectivity index is 1.64. The third-order valence-electron chi connectivity index (χ3n) is 5.58. The van der Waals surface area contributed by atoms with Gasteiger partial charge < -0.3 is 9.26 Å². The molecule has 8 nitrogen and oxygen atoms in total. The van der Waals surface area contributed by atoms with Crippen LogP contribution >= 0.6 is 0 Å². The average Bonchev–Trinajstić information content (AvgIpc) is 3.36. The highest BCUT2D eigenvalue weighted by molar-refractivity contribution is 7.90. The molecule has 2 heterocycles. The second-order valence-electron chi connectivity index (χ2n) is 7.84. The highest BCUT2D eigenvalue weighted by atomic mass is 32.2. The van der Waals surface area contributed by atoms with Crippen LogP contribution < -0.4 is 10.3 Å². The molecule has 0 saturated heterocycles. The van der Waals surface area contributed by atoms with Crippen molar-refractivity contribution in [1.29, 1.82) is 0 Å². The van der Waals surface area contributed by atoms with E-state index in [4.69, 9.17) is 9.26 Å². The first-order chi connectivity index (χ1) is 17.3. The second kappa shape index (κ2) is 9.00. The lowest BCUT2D eigenvalue weighted by molar-refractivity contribution is 0.412. The van der Waals surface area contributed by atoms with Crippen LogP contribution in [0.4, 0.5) is 8.78 Å². The van der Waals surface area contributed by atoms with Crippen molar-refractivity contribution in [2.45, 2.75) is 10.6 Å². The van der Waals surface area contributed by atoms with Crippen LogP contribution in [-0.4, -0.2) is 30.2 Å². The van der Waals surface area contributed by atoms with E-state index in [0.717, 1.165) is 12.3 Å². The Bertz CT molecular complexity index is 1750. The van der Waals surface area contributed by atoms with Crippen molar-refractivity contribution in [3.05, 3.63) is 101 Å². The number of hydrogen-bond acceptors (Lipinski definition) is 7. The lowest BCUT2D eigenvalue weighted by Crippen LogP contribution is -2.20. The monoisotopic (exact) mass is 509 g/mol. The van der Waals surface area contributed by atoms with E-state index in [1.54, 1.807) is 0 Å². The second-order valence-corrected chi connectivity index (χ2v) is 9.83. The normalized spacial score (nSPS) is 11.6. The van der Waals surface area contributed by atoms with Crippen molar-refractivity contribution < 1.29 is 26.5 Å². The molecule has 0 fully saturated rings. The largest absolute Gasteiger partial charge is 0.495 e. The predicted molar refractivity (Wildman–Crippen MR) is 127 cm³/mol. The fourth-order valence-electron chi connectivity index (χ4n) is 3.86. The van der Waals surface area contributed by atoms with Gasteiger partial charge in [0.15, 0.2) is 9.84 Å². The van der Waals surface area contributed by atoms with Gasteiger partial charge in [-0.15, -0.1) is 0 Å². The quantitative estimate of drug-likeness (QED) is 0.336. The molecule has 182 valence electrons. The van der Waals surface area contributed by atoms with Gasteiger partial charge in [-0.25, -0.2) is 22.2 Å². The van der Waals surface area contributed by atoms with E-state index < -0.39 is 27.0 Å². The molecule has 0 aliphatic heterocycles. The predicted octanol–water partition coefficient (Wildman–Crippen LogP) is 4.30. The van der Waals surface area contributed by atoms with Crippen LogP contribution in [0.25, 0.3) is 27.8 Å². The molecule has 0 aliphatic rings. The molecule has 0 N–H and O–H groups in total. The molecule has 0 amide bonds. The SMILES string of the molecule is COc1cc(-c2ccc(F)cc2)c(F)cc1-n1c(=O)cnc2cc(S(=O)(=O)Cc3ccon3)ccc21. The van der Waals surface area contributed by atoms with E-state index in [0.29, 0.717) is 5.56 Å². The summed E-state index contributed by atoms with van der Waals surface area (Å²) >= 11 is 0. The van der Waals surface area contributed by atoms with Gasteiger partial charge in [-0.05, 0) is 42.0 Å². The average molecular weight is 509 g/mol. The number of ether oxygens (including phenoxy) is 1. The Morgan fingerprint density at radius 2 is 1.81 bits per heavy atom. The van der Waals surface area contributed by atoms with Crippen molar-refractivity contribution in [2.75, 3.05) is 7.11 Å². The molecule has 0 aliphatic carbocycles. The fourth-order valence-corrected chi connectivity index (χ4v) is 5.13. The maximum atomic E-state index is 15.2. The third kappa shape index (κ3) is 4.24. The molecule has 0 atom stereocenters. The molecule has 3 aromatic carbocycles.